The van der Waals surface area contributed by atoms with Gasteiger partial charge in [0.25, 0.3) is 10.0 Å². The van der Waals surface area contributed by atoms with Crippen molar-refractivity contribution in [2.45, 2.75) is 24.7 Å². The number of carboxylic acids is 1. The molecule has 0 aliphatic carbocycles. The van der Waals surface area contributed by atoms with Gasteiger partial charge in [-0.2, -0.15) is 0 Å². The molecule has 0 saturated carbocycles. The average Bonchev–Trinajstić information content (AvgIpc) is 2.69. The zero-order chi connectivity index (χ0) is 21.0. The van der Waals surface area contributed by atoms with Gasteiger partial charge in [-0.05, 0) is 72.9 Å². The van der Waals surface area contributed by atoms with Crippen molar-refractivity contribution in [1.29, 1.82) is 0 Å². The Morgan fingerprint density at radius 2 is 1.66 bits per heavy atom. The molecule has 0 aliphatic rings. The molecular weight excluding hydrogens is 393 g/mol. The Morgan fingerprint density at radius 1 is 0.966 bits per heavy atom. The number of benzene rings is 3. The second kappa shape index (κ2) is 8.45. The zero-order valence-electron chi connectivity index (χ0n) is 15.7. The van der Waals surface area contributed by atoms with E-state index in [4.69, 9.17) is 5.11 Å². The fourth-order valence-electron chi connectivity index (χ4n) is 2.96. The van der Waals surface area contributed by atoms with Gasteiger partial charge in [-0.3, -0.25) is 4.72 Å². The Balaban J connectivity index is 1.68. The fourth-order valence-corrected chi connectivity index (χ4v) is 4.28. The molecule has 0 saturated heterocycles. The number of aromatic carboxylic acids is 1. The maximum absolute atomic E-state index is 13.4. The van der Waals surface area contributed by atoms with E-state index < -0.39 is 21.8 Å². The Kier molecular flexibility index (Phi) is 5.98. The van der Waals surface area contributed by atoms with Gasteiger partial charge in [0.05, 0.1) is 10.5 Å². The monoisotopic (exact) mass is 413 g/mol. The normalized spacial score (nSPS) is 11.2. The maximum atomic E-state index is 13.4. The lowest BCUT2D eigenvalue weighted by molar-refractivity contribution is 0.0696. The fraction of sp³-hybridized carbons (Fsp3) is 0.136. The smallest absolute Gasteiger partial charge is 0.335 e. The summed E-state index contributed by atoms with van der Waals surface area (Å²) in [5.41, 5.74) is 2.98. The van der Waals surface area contributed by atoms with E-state index in [-0.39, 0.29) is 10.5 Å². The Labute approximate surface area is 168 Å². The predicted molar refractivity (Wildman–Crippen MR) is 109 cm³/mol. The van der Waals surface area contributed by atoms with Crippen LogP contribution in [0.3, 0.4) is 0 Å². The summed E-state index contributed by atoms with van der Waals surface area (Å²) in [6.07, 6.45) is 1.34. The standard InChI is InChI=1S/C22H20FNO4S/c1-15-5-10-19(23)14-21(15)29(27,28)24-20-11-8-16(9-12-20)6-7-17-3-2-4-18(13-17)22(25)26/h2-5,8-14,24H,6-7H2,1H3,(H,25,26). The minimum Gasteiger partial charge on any atom is -0.478 e. The van der Waals surface area contributed by atoms with Crippen LogP contribution in [0.1, 0.15) is 27.0 Å². The number of rotatable bonds is 7. The first-order chi connectivity index (χ1) is 13.7. The molecule has 29 heavy (non-hydrogen) atoms. The highest BCUT2D eigenvalue weighted by molar-refractivity contribution is 7.92. The van der Waals surface area contributed by atoms with Crippen LogP contribution in [-0.4, -0.2) is 19.5 Å². The molecule has 0 heterocycles. The number of carbonyl (C=O) groups is 1. The van der Waals surface area contributed by atoms with Crippen molar-refractivity contribution in [3.63, 3.8) is 0 Å². The van der Waals surface area contributed by atoms with E-state index in [1.165, 1.54) is 12.1 Å². The lowest BCUT2D eigenvalue weighted by atomic mass is 10.0. The van der Waals surface area contributed by atoms with E-state index >= 15 is 0 Å². The van der Waals surface area contributed by atoms with E-state index in [2.05, 4.69) is 4.72 Å². The largest absolute Gasteiger partial charge is 0.478 e. The summed E-state index contributed by atoms with van der Waals surface area (Å²) in [4.78, 5) is 10.9. The summed E-state index contributed by atoms with van der Waals surface area (Å²) >= 11 is 0. The molecule has 0 unspecified atom stereocenters. The molecule has 0 fully saturated rings. The third kappa shape index (κ3) is 5.20. The summed E-state index contributed by atoms with van der Waals surface area (Å²) in [6.45, 7) is 1.61. The van der Waals surface area contributed by atoms with Crippen LogP contribution in [-0.2, 0) is 22.9 Å². The number of hydrogen-bond donors (Lipinski definition) is 2. The van der Waals surface area contributed by atoms with Crippen LogP contribution in [0.4, 0.5) is 10.1 Å². The van der Waals surface area contributed by atoms with Crippen LogP contribution in [0, 0.1) is 12.7 Å². The van der Waals surface area contributed by atoms with Crippen LogP contribution in [0.25, 0.3) is 0 Å². The first-order valence-electron chi connectivity index (χ1n) is 8.95. The van der Waals surface area contributed by atoms with Crippen molar-refractivity contribution < 1.29 is 22.7 Å². The molecule has 0 spiro atoms. The number of hydrogen-bond acceptors (Lipinski definition) is 3. The third-order valence-corrected chi connectivity index (χ3v) is 6.05. The second-order valence-electron chi connectivity index (χ2n) is 6.72. The number of anilines is 1. The first kappa shape index (κ1) is 20.5. The molecule has 0 aromatic heterocycles. The highest BCUT2D eigenvalue weighted by Crippen LogP contribution is 2.21. The van der Waals surface area contributed by atoms with Gasteiger partial charge in [-0.15, -0.1) is 0 Å². The van der Waals surface area contributed by atoms with Gasteiger partial charge in [-0.1, -0.05) is 30.3 Å². The van der Waals surface area contributed by atoms with Crippen LogP contribution in [0.2, 0.25) is 0 Å². The number of nitrogens with one attached hydrogen (secondary N) is 1. The number of carboxylic acid groups (broad SMARTS) is 1. The summed E-state index contributed by atoms with van der Waals surface area (Å²) in [5.74, 6) is -1.57. The van der Waals surface area contributed by atoms with Gasteiger partial charge >= 0.3 is 5.97 Å². The molecule has 0 aliphatic heterocycles. The molecule has 3 aromatic carbocycles. The second-order valence-corrected chi connectivity index (χ2v) is 8.37. The Morgan fingerprint density at radius 3 is 2.34 bits per heavy atom. The first-order valence-corrected chi connectivity index (χ1v) is 10.4. The van der Waals surface area contributed by atoms with E-state index in [9.17, 15) is 17.6 Å². The predicted octanol–water partition coefficient (Wildman–Crippen LogP) is 4.42. The van der Waals surface area contributed by atoms with Gasteiger partial charge < -0.3 is 5.11 Å². The average molecular weight is 413 g/mol. The number of aryl methyl sites for hydroxylation is 3. The summed E-state index contributed by atoms with van der Waals surface area (Å²) < 4.78 is 41.0. The quantitative estimate of drug-likeness (QED) is 0.601. The van der Waals surface area contributed by atoms with Crippen molar-refractivity contribution in [2.24, 2.45) is 0 Å². The van der Waals surface area contributed by atoms with Crippen molar-refractivity contribution in [3.8, 4) is 0 Å². The number of halogens is 1. The molecule has 0 amide bonds. The van der Waals surface area contributed by atoms with Crippen LogP contribution in [0.15, 0.2) is 71.6 Å². The third-order valence-electron chi connectivity index (χ3n) is 4.52. The zero-order valence-corrected chi connectivity index (χ0v) is 16.5. The van der Waals surface area contributed by atoms with E-state index in [1.807, 2.05) is 6.07 Å². The summed E-state index contributed by atoms with van der Waals surface area (Å²) in [6, 6.07) is 17.3. The molecule has 2 N–H and O–H groups in total. The minimum absolute atomic E-state index is 0.0973. The van der Waals surface area contributed by atoms with Crippen LogP contribution in [0.5, 0.6) is 0 Å². The van der Waals surface area contributed by atoms with Gasteiger partial charge in [0, 0.05) is 5.69 Å². The molecule has 0 bridgehead atoms. The van der Waals surface area contributed by atoms with Gasteiger partial charge in [-0.25, -0.2) is 17.6 Å². The minimum atomic E-state index is -3.89. The highest BCUT2D eigenvalue weighted by Gasteiger charge is 2.17. The highest BCUT2D eigenvalue weighted by atomic mass is 32.2. The van der Waals surface area contributed by atoms with E-state index in [0.717, 1.165) is 17.2 Å². The Bertz CT molecular complexity index is 1140. The molecule has 7 heteroatoms. The van der Waals surface area contributed by atoms with Crippen molar-refractivity contribution in [3.05, 3.63) is 94.8 Å². The van der Waals surface area contributed by atoms with Crippen LogP contribution >= 0.6 is 0 Å². The summed E-state index contributed by atoms with van der Waals surface area (Å²) in [5, 5.41) is 9.06. The molecule has 0 radical (unpaired) electrons. The van der Waals surface area contributed by atoms with E-state index in [1.54, 1.807) is 49.4 Å². The maximum Gasteiger partial charge on any atom is 0.335 e. The summed E-state index contributed by atoms with van der Waals surface area (Å²) in [7, 11) is -3.89. The molecule has 3 aromatic rings. The lowest BCUT2D eigenvalue weighted by Gasteiger charge is -2.11. The van der Waals surface area contributed by atoms with Crippen LogP contribution < -0.4 is 4.72 Å². The molecule has 3 rings (SSSR count). The SMILES string of the molecule is Cc1ccc(F)cc1S(=O)(=O)Nc1ccc(CCc2cccc(C(=O)O)c2)cc1. The number of sulfonamides is 1. The van der Waals surface area contributed by atoms with Crippen molar-refractivity contribution >= 4 is 21.7 Å². The molecule has 5 nitrogen and oxygen atoms in total. The lowest BCUT2D eigenvalue weighted by Crippen LogP contribution is -2.14. The molecular formula is C22H20FNO4S. The van der Waals surface area contributed by atoms with Gasteiger partial charge in [0.2, 0.25) is 0 Å². The van der Waals surface area contributed by atoms with Gasteiger partial charge in [0.1, 0.15) is 5.82 Å². The Hall–Kier alpha value is -3.19. The molecule has 150 valence electrons. The van der Waals surface area contributed by atoms with Crippen molar-refractivity contribution in [2.75, 3.05) is 4.72 Å². The molecule has 0 atom stereocenters. The van der Waals surface area contributed by atoms with Crippen molar-refractivity contribution in [1.82, 2.24) is 0 Å². The van der Waals surface area contributed by atoms with Gasteiger partial charge in [0.15, 0.2) is 0 Å². The van der Waals surface area contributed by atoms with E-state index in [0.29, 0.717) is 24.1 Å². The topological polar surface area (TPSA) is 83.5 Å².